The molecule has 0 unspecified atom stereocenters. The van der Waals surface area contributed by atoms with E-state index in [1.165, 1.54) is 0 Å². The average molecular weight is 318 g/mol. The van der Waals surface area contributed by atoms with Gasteiger partial charge in [0.2, 0.25) is 5.91 Å². The molecule has 1 aliphatic rings. The summed E-state index contributed by atoms with van der Waals surface area (Å²) in [6.45, 7) is 0. The van der Waals surface area contributed by atoms with Crippen molar-refractivity contribution < 1.29 is 14.3 Å². The molecule has 2 aromatic rings. The molecule has 0 saturated carbocycles. The SMILES string of the molecule is COc1cc2c(cc1OC)[C@H](c1ccc(Cl)cc1)CC(=O)N2. The lowest BCUT2D eigenvalue weighted by Crippen LogP contribution is -2.23. The number of methoxy groups -OCH3 is 2. The van der Waals surface area contributed by atoms with Crippen LogP contribution in [-0.4, -0.2) is 20.1 Å². The Morgan fingerprint density at radius 1 is 1.09 bits per heavy atom. The zero-order chi connectivity index (χ0) is 15.7. The summed E-state index contributed by atoms with van der Waals surface area (Å²) in [5.41, 5.74) is 2.82. The molecule has 1 heterocycles. The van der Waals surface area contributed by atoms with Crippen LogP contribution in [0.1, 0.15) is 23.5 Å². The van der Waals surface area contributed by atoms with Gasteiger partial charge in [-0.2, -0.15) is 0 Å². The first-order valence-electron chi connectivity index (χ1n) is 6.93. The Kier molecular flexibility index (Phi) is 3.94. The number of hydrogen-bond acceptors (Lipinski definition) is 3. The number of halogens is 1. The highest BCUT2D eigenvalue weighted by Crippen LogP contribution is 2.43. The normalized spacial score (nSPS) is 16.7. The molecule has 1 aliphatic heterocycles. The summed E-state index contributed by atoms with van der Waals surface area (Å²) in [5.74, 6) is 1.20. The molecule has 22 heavy (non-hydrogen) atoms. The average Bonchev–Trinajstić information content (AvgIpc) is 2.53. The third-order valence-corrected chi connectivity index (χ3v) is 4.12. The van der Waals surface area contributed by atoms with Gasteiger partial charge in [-0.1, -0.05) is 23.7 Å². The number of anilines is 1. The number of carbonyl (C=O) groups is 1. The number of fused-ring (bicyclic) bond motifs is 1. The van der Waals surface area contributed by atoms with Gasteiger partial charge < -0.3 is 14.8 Å². The zero-order valence-electron chi connectivity index (χ0n) is 12.4. The molecule has 114 valence electrons. The predicted molar refractivity (Wildman–Crippen MR) is 86.1 cm³/mol. The summed E-state index contributed by atoms with van der Waals surface area (Å²) in [5, 5.41) is 3.57. The summed E-state index contributed by atoms with van der Waals surface area (Å²) < 4.78 is 10.7. The fourth-order valence-corrected chi connectivity index (χ4v) is 2.91. The van der Waals surface area contributed by atoms with Crippen molar-refractivity contribution in [3.05, 3.63) is 52.5 Å². The maximum Gasteiger partial charge on any atom is 0.225 e. The molecule has 4 nitrogen and oxygen atoms in total. The number of benzene rings is 2. The Labute approximate surface area is 134 Å². The van der Waals surface area contributed by atoms with Crippen LogP contribution < -0.4 is 14.8 Å². The number of hydrogen-bond donors (Lipinski definition) is 1. The molecule has 0 spiro atoms. The fourth-order valence-electron chi connectivity index (χ4n) is 2.78. The molecule has 0 aliphatic carbocycles. The van der Waals surface area contributed by atoms with E-state index in [2.05, 4.69) is 5.32 Å². The van der Waals surface area contributed by atoms with E-state index in [9.17, 15) is 4.79 Å². The molecule has 0 bridgehead atoms. The molecule has 5 heteroatoms. The van der Waals surface area contributed by atoms with Crippen molar-refractivity contribution >= 4 is 23.2 Å². The van der Waals surface area contributed by atoms with Gasteiger partial charge in [0, 0.05) is 29.1 Å². The second-order valence-corrected chi connectivity index (χ2v) is 5.59. The second-order valence-electron chi connectivity index (χ2n) is 5.15. The molecule has 1 atom stereocenters. The molecular weight excluding hydrogens is 302 g/mol. The first-order valence-corrected chi connectivity index (χ1v) is 7.31. The molecular formula is C17H16ClNO3. The lowest BCUT2D eigenvalue weighted by molar-refractivity contribution is -0.116. The molecule has 0 fully saturated rings. The van der Waals surface area contributed by atoms with Crippen molar-refractivity contribution in [3.8, 4) is 11.5 Å². The van der Waals surface area contributed by atoms with Gasteiger partial charge in [0.15, 0.2) is 11.5 Å². The Morgan fingerprint density at radius 2 is 1.73 bits per heavy atom. The monoisotopic (exact) mass is 317 g/mol. The number of amides is 1. The van der Waals surface area contributed by atoms with E-state index in [1.54, 1.807) is 20.3 Å². The zero-order valence-corrected chi connectivity index (χ0v) is 13.1. The maximum atomic E-state index is 12.0. The van der Waals surface area contributed by atoms with Crippen molar-refractivity contribution in [2.45, 2.75) is 12.3 Å². The smallest absolute Gasteiger partial charge is 0.225 e. The van der Waals surface area contributed by atoms with Gasteiger partial charge in [-0.05, 0) is 29.3 Å². The molecule has 0 aromatic heterocycles. The van der Waals surface area contributed by atoms with Gasteiger partial charge in [0.05, 0.1) is 14.2 Å². The van der Waals surface area contributed by atoms with Gasteiger partial charge in [0.1, 0.15) is 0 Å². The number of ether oxygens (including phenoxy) is 2. The van der Waals surface area contributed by atoms with Crippen molar-refractivity contribution in [3.63, 3.8) is 0 Å². The van der Waals surface area contributed by atoms with Crippen LogP contribution in [0.15, 0.2) is 36.4 Å². The summed E-state index contributed by atoms with van der Waals surface area (Å²) in [6, 6.07) is 11.3. The molecule has 1 N–H and O–H groups in total. The topological polar surface area (TPSA) is 47.6 Å². The Morgan fingerprint density at radius 3 is 2.36 bits per heavy atom. The molecule has 1 amide bonds. The van der Waals surface area contributed by atoms with Gasteiger partial charge >= 0.3 is 0 Å². The van der Waals surface area contributed by atoms with Crippen LogP contribution in [0, 0.1) is 0 Å². The molecule has 0 saturated heterocycles. The lowest BCUT2D eigenvalue weighted by Gasteiger charge is -2.27. The van der Waals surface area contributed by atoms with Crippen LogP contribution in [-0.2, 0) is 4.79 Å². The van der Waals surface area contributed by atoms with Crippen LogP contribution in [0.25, 0.3) is 0 Å². The van der Waals surface area contributed by atoms with Crippen LogP contribution in [0.4, 0.5) is 5.69 Å². The van der Waals surface area contributed by atoms with E-state index in [1.807, 2.05) is 30.3 Å². The third kappa shape index (κ3) is 2.62. The van der Waals surface area contributed by atoms with Crippen molar-refractivity contribution in [1.82, 2.24) is 0 Å². The first-order chi connectivity index (χ1) is 10.6. The van der Waals surface area contributed by atoms with Gasteiger partial charge in [0.25, 0.3) is 0 Å². The summed E-state index contributed by atoms with van der Waals surface area (Å²) in [4.78, 5) is 12.0. The second kappa shape index (κ2) is 5.89. The van der Waals surface area contributed by atoms with Crippen LogP contribution in [0.2, 0.25) is 5.02 Å². The van der Waals surface area contributed by atoms with Crippen LogP contribution in [0.5, 0.6) is 11.5 Å². The summed E-state index contributed by atoms with van der Waals surface area (Å²) >= 11 is 5.95. The third-order valence-electron chi connectivity index (χ3n) is 3.87. The van der Waals surface area contributed by atoms with E-state index in [-0.39, 0.29) is 11.8 Å². The van der Waals surface area contributed by atoms with Crippen LogP contribution in [0.3, 0.4) is 0 Å². The molecule has 2 aromatic carbocycles. The lowest BCUT2D eigenvalue weighted by atomic mass is 9.84. The number of rotatable bonds is 3. The van der Waals surface area contributed by atoms with Crippen molar-refractivity contribution in [2.24, 2.45) is 0 Å². The maximum absolute atomic E-state index is 12.0. The standard InChI is InChI=1S/C17H16ClNO3/c1-21-15-7-13-12(10-3-5-11(18)6-4-10)8-17(20)19-14(13)9-16(15)22-2/h3-7,9,12H,8H2,1-2H3,(H,19,20)/t12-/m0/s1. The van der Waals surface area contributed by atoms with Crippen LogP contribution >= 0.6 is 11.6 Å². The van der Waals surface area contributed by atoms with Gasteiger partial charge in [-0.15, -0.1) is 0 Å². The van der Waals surface area contributed by atoms with Gasteiger partial charge in [-0.3, -0.25) is 4.79 Å². The predicted octanol–water partition coefficient (Wildman–Crippen LogP) is 3.83. The van der Waals surface area contributed by atoms with Gasteiger partial charge in [-0.25, -0.2) is 0 Å². The molecule has 3 rings (SSSR count). The minimum atomic E-state index is -0.0270. The fraction of sp³-hybridized carbons (Fsp3) is 0.235. The minimum absolute atomic E-state index is 0.0142. The highest BCUT2D eigenvalue weighted by Gasteiger charge is 2.28. The highest BCUT2D eigenvalue weighted by atomic mass is 35.5. The van der Waals surface area contributed by atoms with E-state index in [0.717, 1.165) is 16.8 Å². The quantitative estimate of drug-likeness (QED) is 0.936. The highest BCUT2D eigenvalue weighted by molar-refractivity contribution is 6.30. The Balaban J connectivity index is 2.11. The summed E-state index contributed by atoms with van der Waals surface area (Å²) in [7, 11) is 3.18. The summed E-state index contributed by atoms with van der Waals surface area (Å²) in [6.07, 6.45) is 0.393. The number of nitrogens with one attached hydrogen (secondary N) is 1. The van der Waals surface area contributed by atoms with Crippen molar-refractivity contribution in [1.29, 1.82) is 0 Å². The van der Waals surface area contributed by atoms with E-state index < -0.39 is 0 Å². The van der Waals surface area contributed by atoms with E-state index in [4.69, 9.17) is 21.1 Å². The number of carbonyl (C=O) groups excluding carboxylic acids is 1. The van der Waals surface area contributed by atoms with E-state index in [0.29, 0.717) is 22.9 Å². The Bertz CT molecular complexity index is 713. The largest absolute Gasteiger partial charge is 0.493 e. The first kappa shape index (κ1) is 14.7. The Hall–Kier alpha value is -2.20. The molecule has 0 radical (unpaired) electrons. The minimum Gasteiger partial charge on any atom is -0.493 e. The van der Waals surface area contributed by atoms with E-state index >= 15 is 0 Å². The van der Waals surface area contributed by atoms with Crippen molar-refractivity contribution in [2.75, 3.05) is 19.5 Å².